The Kier molecular flexibility index (Phi) is 6.02. The van der Waals surface area contributed by atoms with E-state index in [4.69, 9.17) is 4.74 Å². The molecule has 1 saturated heterocycles. The predicted octanol–water partition coefficient (Wildman–Crippen LogP) is 3.04. The van der Waals surface area contributed by atoms with Crippen molar-refractivity contribution in [3.05, 3.63) is 64.7 Å². The Morgan fingerprint density at radius 3 is 2.69 bits per heavy atom. The lowest BCUT2D eigenvalue weighted by Crippen LogP contribution is -2.16. The molecule has 0 saturated carbocycles. The Morgan fingerprint density at radius 1 is 1.28 bits per heavy atom. The van der Waals surface area contributed by atoms with Crippen LogP contribution < -0.4 is 0 Å². The summed E-state index contributed by atoms with van der Waals surface area (Å²) in [7, 11) is -3.05. The highest BCUT2D eigenvalue weighted by Crippen LogP contribution is 2.29. The molecule has 1 atom stereocenters. The van der Waals surface area contributed by atoms with Gasteiger partial charge in [0.25, 0.3) is 0 Å². The van der Waals surface area contributed by atoms with Crippen molar-refractivity contribution in [2.75, 3.05) is 18.1 Å². The summed E-state index contributed by atoms with van der Waals surface area (Å²) in [6.45, 7) is 3.15. The summed E-state index contributed by atoms with van der Waals surface area (Å²) in [6.07, 6.45) is 3.06. The SMILES string of the molecule is Cc1cc(C(=O)COC(=O)/C=C/c2cccc(F)c2)c(C)n1[C@@H]1CCS(=O)(=O)C1. The van der Waals surface area contributed by atoms with E-state index in [1.165, 1.54) is 24.3 Å². The third-order valence-electron chi connectivity index (χ3n) is 4.96. The van der Waals surface area contributed by atoms with Crippen LogP contribution in [-0.4, -0.2) is 42.9 Å². The van der Waals surface area contributed by atoms with Crippen molar-refractivity contribution < 1.29 is 27.1 Å². The molecule has 1 fully saturated rings. The Hall–Kier alpha value is -2.74. The number of esters is 1. The summed E-state index contributed by atoms with van der Waals surface area (Å²) in [4.78, 5) is 24.4. The number of carbonyl (C=O) groups excluding carboxylic acids is 2. The van der Waals surface area contributed by atoms with Gasteiger partial charge in [-0.2, -0.15) is 0 Å². The van der Waals surface area contributed by atoms with Gasteiger partial charge in [-0.1, -0.05) is 12.1 Å². The number of hydrogen-bond donors (Lipinski definition) is 0. The molecule has 1 aliphatic rings. The number of hydrogen-bond acceptors (Lipinski definition) is 5. The smallest absolute Gasteiger partial charge is 0.331 e. The van der Waals surface area contributed by atoms with Crippen LogP contribution in [-0.2, 0) is 19.4 Å². The molecule has 2 aromatic rings. The molecule has 29 heavy (non-hydrogen) atoms. The van der Waals surface area contributed by atoms with Crippen molar-refractivity contribution in [3.63, 3.8) is 0 Å². The van der Waals surface area contributed by atoms with Gasteiger partial charge in [0.1, 0.15) is 5.82 Å². The highest BCUT2D eigenvalue weighted by atomic mass is 32.2. The number of nitrogens with zero attached hydrogens (tertiary/aromatic N) is 1. The Morgan fingerprint density at radius 2 is 2.03 bits per heavy atom. The van der Waals surface area contributed by atoms with E-state index in [0.29, 0.717) is 23.2 Å². The van der Waals surface area contributed by atoms with E-state index in [2.05, 4.69) is 0 Å². The summed E-state index contributed by atoms with van der Waals surface area (Å²) in [5.74, 6) is -1.28. The molecule has 1 aliphatic heterocycles. The molecule has 6 nitrogen and oxygen atoms in total. The van der Waals surface area contributed by atoms with E-state index in [0.717, 1.165) is 11.8 Å². The minimum atomic E-state index is -3.05. The van der Waals surface area contributed by atoms with Gasteiger partial charge < -0.3 is 9.30 Å². The van der Waals surface area contributed by atoms with Crippen LogP contribution in [0.2, 0.25) is 0 Å². The molecule has 0 aliphatic carbocycles. The second kappa shape index (κ2) is 8.32. The lowest BCUT2D eigenvalue weighted by atomic mass is 10.1. The lowest BCUT2D eigenvalue weighted by molar-refractivity contribution is -0.136. The summed E-state index contributed by atoms with van der Waals surface area (Å²) in [5.41, 5.74) is 2.38. The van der Waals surface area contributed by atoms with Gasteiger partial charge in [-0.3, -0.25) is 4.79 Å². The van der Waals surface area contributed by atoms with Crippen LogP contribution in [0.4, 0.5) is 4.39 Å². The Bertz CT molecular complexity index is 1080. The first-order valence-corrected chi connectivity index (χ1v) is 11.0. The molecule has 1 aromatic heterocycles. The molecule has 1 aromatic carbocycles. The molecule has 8 heteroatoms. The predicted molar refractivity (Wildman–Crippen MR) is 107 cm³/mol. The molecule has 0 amide bonds. The van der Waals surface area contributed by atoms with E-state index < -0.39 is 28.2 Å². The van der Waals surface area contributed by atoms with E-state index >= 15 is 0 Å². The first kappa shape index (κ1) is 21.0. The molecule has 0 spiro atoms. The molecule has 3 rings (SSSR count). The fourth-order valence-electron chi connectivity index (χ4n) is 3.64. The number of ketones is 1. The quantitative estimate of drug-likeness (QED) is 0.408. The number of rotatable bonds is 6. The average Bonchev–Trinajstić information content (AvgIpc) is 3.16. The lowest BCUT2D eigenvalue weighted by Gasteiger charge is -2.16. The molecule has 0 bridgehead atoms. The van der Waals surface area contributed by atoms with Crippen LogP contribution in [0.1, 0.15) is 39.8 Å². The second-order valence-corrected chi connectivity index (χ2v) is 9.36. The maximum Gasteiger partial charge on any atom is 0.331 e. The number of benzene rings is 1. The van der Waals surface area contributed by atoms with Crippen LogP contribution in [0.15, 0.2) is 36.4 Å². The maximum atomic E-state index is 13.1. The van der Waals surface area contributed by atoms with Crippen molar-refractivity contribution in [2.24, 2.45) is 0 Å². The molecular formula is C21H22FNO5S. The zero-order valence-corrected chi connectivity index (χ0v) is 17.0. The monoisotopic (exact) mass is 419 g/mol. The highest BCUT2D eigenvalue weighted by Gasteiger charge is 2.31. The van der Waals surface area contributed by atoms with Crippen molar-refractivity contribution in [1.29, 1.82) is 0 Å². The molecule has 2 heterocycles. The molecule has 0 radical (unpaired) electrons. The van der Waals surface area contributed by atoms with Gasteiger partial charge in [0, 0.05) is 29.1 Å². The minimum absolute atomic E-state index is 0.0663. The number of aryl methyl sites for hydroxylation is 1. The fourth-order valence-corrected chi connectivity index (χ4v) is 5.34. The summed E-state index contributed by atoms with van der Waals surface area (Å²) >= 11 is 0. The molecular weight excluding hydrogens is 397 g/mol. The normalized spacial score (nSPS) is 18.2. The minimum Gasteiger partial charge on any atom is -0.454 e. The van der Waals surface area contributed by atoms with Gasteiger partial charge in [-0.05, 0) is 50.1 Å². The number of aromatic nitrogens is 1. The van der Waals surface area contributed by atoms with Crippen molar-refractivity contribution in [2.45, 2.75) is 26.3 Å². The van der Waals surface area contributed by atoms with Gasteiger partial charge in [0.2, 0.25) is 5.78 Å². The van der Waals surface area contributed by atoms with Crippen LogP contribution in [0.5, 0.6) is 0 Å². The van der Waals surface area contributed by atoms with Gasteiger partial charge in [-0.15, -0.1) is 0 Å². The first-order valence-electron chi connectivity index (χ1n) is 9.19. The van der Waals surface area contributed by atoms with E-state index in [1.54, 1.807) is 19.1 Å². The molecule has 154 valence electrons. The summed E-state index contributed by atoms with van der Waals surface area (Å²) in [6, 6.07) is 7.24. The Balaban J connectivity index is 1.64. The van der Waals surface area contributed by atoms with E-state index in [1.807, 2.05) is 11.5 Å². The van der Waals surface area contributed by atoms with E-state index in [-0.39, 0.29) is 23.3 Å². The zero-order valence-electron chi connectivity index (χ0n) is 16.2. The highest BCUT2D eigenvalue weighted by molar-refractivity contribution is 7.91. The zero-order chi connectivity index (χ0) is 21.2. The van der Waals surface area contributed by atoms with Gasteiger partial charge in [-0.25, -0.2) is 17.6 Å². The topological polar surface area (TPSA) is 82.4 Å². The second-order valence-electron chi connectivity index (χ2n) is 7.13. The van der Waals surface area contributed by atoms with Crippen molar-refractivity contribution in [1.82, 2.24) is 4.57 Å². The van der Waals surface area contributed by atoms with Crippen LogP contribution in [0, 0.1) is 19.7 Å². The third kappa shape index (κ3) is 5.00. The number of ether oxygens (including phenoxy) is 1. The Labute approximate surface area is 168 Å². The van der Waals surface area contributed by atoms with Crippen molar-refractivity contribution >= 4 is 27.7 Å². The number of Topliss-reactive ketones (excluding diaryl/α,β-unsaturated/α-hetero) is 1. The molecule has 0 unspecified atom stereocenters. The van der Waals surface area contributed by atoms with Gasteiger partial charge in [0.15, 0.2) is 16.4 Å². The van der Waals surface area contributed by atoms with Crippen LogP contribution in [0.25, 0.3) is 6.08 Å². The fraction of sp³-hybridized carbons (Fsp3) is 0.333. The van der Waals surface area contributed by atoms with Crippen LogP contribution >= 0.6 is 0 Å². The standard InChI is InChI=1S/C21H22FNO5S/c1-14-10-19(15(2)23(14)18-8-9-29(26,27)13-18)20(24)12-28-21(25)7-6-16-4-3-5-17(22)11-16/h3-7,10-11,18H,8-9,12-13H2,1-2H3/b7-6+/t18-/m1/s1. The first-order chi connectivity index (χ1) is 13.7. The largest absolute Gasteiger partial charge is 0.454 e. The summed E-state index contributed by atoms with van der Waals surface area (Å²) in [5, 5.41) is 0. The van der Waals surface area contributed by atoms with E-state index in [9.17, 15) is 22.4 Å². The molecule has 0 N–H and O–H groups in total. The number of halogens is 1. The van der Waals surface area contributed by atoms with Gasteiger partial charge >= 0.3 is 5.97 Å². The van der Waals surface area contributed by atoms with Crippen molar-refractivity contribution in [3.8, 4) is 0 Å². The van der Waals surface area contributed by atoms with Crippen LogP contribution in [0.3, 0.4) is 0 Å². The number of sulfone groups is 1. The maximum absolute atomic E-state index is 13.1. The number of carbonyl (C=O) groups is 2. The average molecular weight is 419 g/mol. The summed E-state index contributed by atoms with van der Waals surface area (Å²) < 4.78 is 43.6. The third-order valence-corrected chi connectivity index (χ3v) is 6.71. The van der Waals surface area contributed by atoms with Gasteiger partial charge in [0.05, 0.1) is 11.5 Å².